The first kappa shape index (κ1) is 25.6. The molecule has 0 saturated carbocycles. The summed E-state index contributed by atoms with van der Waals surface area (Å²) in [7, 11) is -3.78. The minimum atomic E-state index is -3.78. The van der Waals surface area contributed by atoms with Gasteiger partial charge >= 0.3 is 0 Å². The lowest BCUT2D eigenvalue weighted by molar-refractivity contribution is -0.119. The van der Waals surface area contributed by atoms with Crippen LogP contribution in [0, 0.1) is 0 Å². The molecule has 1 N–H and O–H groups in total. The molecule has 0 aliphatic carbocycles. The predicted octanol–water partition coefficient (Wildman–Crippen LogP) is 4.95. The van der Waals surface area contributed by atoms with Crippen molar-refractivity contribution in [2.45, 2.75) is 26.2 Å². The summed E-state index contributed by atoms with van der Waals surface area (Å²) in [5.41, 5.74) is 1.15. The topological polar surface area (TPSA) is 75.7 Å². The van der Waals surface area contributed by atoms with Gasteiger partial charge in [-0.3, -0.25) is 9.10 Å². The Bertz CT molecular complexity index is 1020. The summed E-state index contributed by atoms with van der Waals surface area (Å²) in [5.74, 6) is 0.385. The van der Waals surface area contributed by atoms with Gasteiger partial charge in [-0.15, -0.1) is 0 Å². The Balaban J connectivity index is 1.97. The van der Waals surface area contributed by atoms with E-state index in [-0.39, 0.29) is 20.8 Å². The maximum Gasteiger partial charge on any atom is 0.240 e. The van der Waals surface area contributed by atoms with Gasteiger partial charge in [0.05, 0.1) is 33.6 Å². The highest BCUT2D eigenvalue weighted by Gasteiger charge is 2.24. The van der Waals surface area contributed by atoms with Crippen LogP contribution in [-0.2, 0) is 21.2 Å². The number of hydrogen-bond donors (Lipinski definition) is 1. The highest BCUT2D eigenvalue weighted by atomic mass is 35.5. The molecular formula is C21H25Cl3N2O4S. The number of rotatable bonds is 11. The van der Waals surface area contributed by atoms with Crippen LogP contribution in [0.15, 0.2) is 36.4 Å². The molecule has 2 rings (SSSR count). The molecule has 2 aromatic carbocycles. The molecule has 0 atom stereocenters. The number of amides is 1. The van der Waals surface area contributed by atoms with Crippen LogP contribution < -0.4 is 14.4 Å². The Morgan fingerprint density at radius 2 is 1.77 bits per heavy atom. The van der Waals surface area contributed by atoms with Crippen LogP contribution in [0.5, 0.6) is 5.75 Å². The van der Waals surface area contributed by atoms with Crippen molar-refractivity contribution in [3.63, 3.8) is 0 Å². The Morgan fingerprint density at radius 3 is 2.45 bits per heavy atom. The molecule has 2 aromatic rings. The van der Waals surface area contributed by atoms with E-state index in [1.807, 2.05) is 31.2 Å². The fourth-order valence-corrected chi connectivity index (χ4v) is 4.39. The minimum absolute atomic E-state index is 0.0799. The average Bonchev–Trinajstić information content (AvgIpc) is 2.70. The number of hydrogen-bond acceptors (Lipinski definition) is 4. The van der Waals surface area contributed by atoms with Gasteiger partial charge in [0.1, 0.15) is 12.3 Å². The molecule has 10 heteroatoms. The van der Waals surface area contributed by atoms with Crippen molar-refractivity contribution < 1.29 is 17.9 Å². The van der Waals surface area contributed by atoms with Crippen LogP contribution in [0.2, 0.25) is 15.1 Å². The fourth-order valence-electron chi connectivity index (χ4n) is 2.84. The van der Waals surface area contributed by atoms with Gasteiger partial charge in [-0.25, -0.2) is 8.42 Å². The van der Waals surface area contributed by atoms with Gasteiger partial charge in [-0.05, 0) is 43.0 Å². The van der Waals surface area contributed by atoms with E-state index in [9.17, 15) is 13.2 Å². The van der Waals surface area contributed by atoms with Crippen LogP contribution >= 0.6 is 34.8 Å². The monoisotopic (exact) mass is 506 g/mol. The molecule has 0 unspecified atom stereocenters. The van der Waals surface area contributed by atoms with Crippen molar-refractivity contribution in [2.75, 3.05) is 30.3 Å². The standard InChI is InChI=1S/C21H25Cl3N2O4S/c1-3-11-30-20-9-5-4-7-15(20)8-6-10-25-21(27)14-26(31(2,28)29)19-13-17(23)16(22)12-18(19)24/h4-5,7,9,12-13H,3,6,8,10-11,14H2,1-2H3,(H,25,27). The summed E-state index contributed by atoms with van der Waals surface area (Å²) < 4.78 is 31.1. The lowest BCUT2D eigenvalue weighted by Gasteiger charge is -2.23. The molecule has 6 nitrogen and oxygen atoms in total. The summed E-state index contributed by atoms with van der Waals surface area (Å²) in [6.45, 7) is 2.65. The first-order valence-corrected chi connectivity index (χ1v) is 12.7. The van der Waals surface area contributed by atoms with Crippen molar-refractivity contribution in [1.82, 2.24) is 5.32 Å². The number of nitrogens with zero attached hydrogens (tertiary/aromatic N) is 1. The SMILES string of the molecule is CCCOc1ccccc1CCCNC(=O)CN(c1cc(Cl)c(Cl)cc1Cl)S(C)(=O)=O. The van der Waals surface area contributed by atoms with Gasteiger partial charge in [0.25, 0.3) is 0 Å². The Labute approximate surface area is 198 Å². The van der Waals surface area contributed by atoms with Gasteiger partial charge in [0, 0.05) is 6.54 Å². The number of carbonyl (C=O) groups excluding carboxylic acids is 1. The number of aryl methyl sites for hydroxylation is 1. The lowest BCUT2D eigenvalue weighted by atomic mass is 10.1. The summed E-state index contributed by atoms with van der Waals surface area (Å²) in [6.07, 6.45) is 3.30. The van der Waals surface area contributed by atoms with Crippen molar-refractivity contribution in [2.24, 2.45) is 0 Å². The highest BCUT2D eigenvalue weighted by Crippen LogP contribution is 2.35. The van der Waals surface area contributed by atoms with E-state index in [2.05, 4.69) is 5.32 Å². The molecule has 0 saturated heterocycles. The minimum Gasteiger partial charge on any atom is -0.493 e. The molecule has 0 spiro atoms. The maximum absolute atomic E-state index is 12.4. The third-order valence-corrected chi connectivity index (χ3v) is 6.48. The van der Waals surface area contributed by atoms with E-state index in [0.29, 0.717) is 26.0 Å². The van der Waals surface area contributed by atoms with Crippen molar-refractivity contribution in [3.05, 3.63) is 57.0 Å². The number of carbonyl (C=O) groups is 1. The molecule has 170 valence electrons. The zero-order valence-corrected chi connectivity index (χ0v) is 20.4. The van der Waals surface area contributed by atoms with E-state index in [1.54, 1.807) is 0 Å². The third-order valence-electron chi connectivity index (χ3n) is 4.33. The first-order valence-electron chi connectivity index (χ1n) is 9.73. The summed E-state index contributed by atoms with van der Waals surface area (Å²) >= 11 is 18.0. The fraction of sp³-hybridized carbons (Fsp3) is 0.381. The van der Waals surface area contributed by atoms with Gasteiger partial charge < -0.3 is 10.1 Å². The van der Waals surface area contributed by atoms with Crippen molar-refractivity contribution >= 4 is 56.4 Å². The predicted molar refractivity (Wildman–Crippen MR) is 127 cm³/mol. The van der Waals surface area contributed by atoms with E-state index in [4.69, 9.17) is 39.5 Å². The van der Waals surface area contributed by atoms with Gasteiger partial charge in [0.2, 0.25) is 15.9 Å². The Morgan fingerprint density at radius 1 is 1.10 bits per heavy atom. The molecule has 1 amide bonds. The molecule has 0 aliphatic rings. The highest BCUT2D eigenvalue weighted by molar-refractivity contribution is 7.92. The van der Waals surface area contributed by atoms with Crippen molar-refractivity contribution in [1.29, 1.82) is 0 Å². The second-order valence-corrected chi connectivity index (χ2v) is 10.0. The number of nitrogens with one attached hydrogen (secondary N) is 1. The molecule has 0 radical (unpaired) electrons. The van der Waals surface area contributed by atoms with Crippen LogP contribution in [0.3, 0.4) is 0 Å². The molecule has 31 heavy (non-hydrogen) atoms. The zero-order chi connectivity index (χ0) is 23.0. The zero-order valence-electron chi connectivity index (χ0n) is 17.3. The normalized spacial score (nSPS) is 11.3. The van der Waals surface area contributed by atoms with E-state index in [0.717, 1.165) is 28.3 Å². The Hall–Kier alpha value is -1.67. The van der Waals surface area contributed by atoms with E-state index in [1.165, 1.54) is 12.1 Å². The van der Waals surface area contributed by atoms with E-state index < -0.39 is 22.5 Å². The lowest BCUT2D eigenvalue weighted by Crippen LogP contribution is -2.40. The molecular weight excluding hydrogens is 483 g/mol. The van der Waals surface area contributed by atoms with Crippen LogP contribution in [0.1, 0.15) is 25.3 Å². The number of halogens is 3. The first-order chi connectivity index (χ1) is 14.6. The summed E-state index contributed by atoms with van der Waals surface area (Å²) in [6, 6.07) is 10.4. The van der Waals surface area contributed by atoms with Crippen LogP contribution in [0.4, 0.5) is 5.69 Å². The Kier molecular flexibility index (Phi) is 9.75. The second-order valence-electron chi connectivity index (χ2n) is 6.90. The number of anilines is 1. The quantitative estimate of drug-likeness (QED) is 0.345. The molecule has 0 aliphatic heterocycles. The number of para-hydroxylation sites is 1. The van der Waals surface area contributed by atoms with Gasteiger partial charge in [-0.1, -0.05) is 59.9 Å². The number of ether oxygens (including phenoxy) is 1. The van der Waals surface area contributed by atoms with E-state index >= 15 is 0 Å². The van der Waals surface area contributed by atoms with Crippen LogP contribution in [-0.4, -0.2) is 40.3 Å². The maximum atomic E-state index is 12.4. The molecule has 0 bridgehead atoms. The van der Waals surface area contributed by atoms with Crippen LogP contribution in [0.25, 0.3) is 0 Å². The average molecular weight is 508 g/mol. The molecule has 0 heterocycles. The largest absolute Gasteiger partial charge is 0.493 e. The summed E-state index contributed by atoms with van der Waals surface area (Å²) in [4.78, 5) is 12.4. The van der Waals surface area contributed by atoms with Gasteiger partial charge in [-0.2, -0.15) is 0 Å². The summed E-state index contributed by atoms with van der Waals surface area (Å²) in [5, 5.41) is 3.15. The number of sulfonamides is 1. The second kappa shape index (κ2) is 11.8. The van der Waals surface area contributed by atoms with Crippen molar-refractivity contribution in [3.8, 4) is 5.75 Å². The molecule has 0 aromatic heterocycles. The number of benzene rings is 2. The smallest absolute Gasteiger partial charge is 0.240 e. The van der Waals surface area contributed by atoms with Gasteiger partial charge in [0.15, 0.2) is 0 Å². The molecule has 0 fully saturated rings. The third kappa shape index (κ3) is 7.75.